The van der Waals surface area contributed by atoms with Crippen LogP contribution >= 0.6 is 11.8 Å². The van der Waals surface area contributed by atoms with Crippen molar-refractivity contribution in [1.29, 1.82) is 0 Å². The number of benzene rings is 1. The first kappa shape index (κ1) is 14.4. The van der Waals surface area contributed by atoms with Gasteiger partial charge in [0, 0.05) is 10.6 Å². The van der Waals surface area contributed by atoms with Crippen LogP contribution in [0.25, 0.3) is 0 Å². The Morgan fingerprint density at radius 2 is 1.94 bits per heavy atom. The van der Waals surface area contributed by atoms with Gasteiger partial charge >= 0.3 is 0 Å². The van der Waals surface area contributed by atoms with Gasteiger partial charge in [0.2, 0.25) is 5.91 Å². The van der Waals surface area contributed by atoms with Gasteiger partial charge < -0.3 is 16.3 Å². The first-order valence-electron chi connectivity index (χ1n) is 5.35. The van der Waals surface area contributed by atoms with Crippen molar-refractivity contribution in [1.82, 2.24) is 0 Å². The lowest BCUT2D eigenvalue weighted by molar-refractivity contribution is -0.121. The maximum absolute atomic E-state index is 12.0. The Kier molecular flexibility index (Phi) is 4.61. The van der Waals surface area contributed by atoms with Crippen LogP contribution in [0.1, 0.15) is 13.8 Å². The fraction of sp³-hybridized carbons (Fsp3) is 0.333. The number of anilines is 1. The topological polar surface area (TPSA) is 87.7 Å². The Morgan fingerprint density at radius 1 is 1.39 bits per heavy atom. The highest BCUT2D eigenvalue weighted by Gasteiger charge is 2.32. The summed E-state index contributed by atoms with van der Waals surface area (Å²) in [6.45, 7) is 3.18. The Morgan fingerprint density at radius 3 is 2.39 bits per heavy atom. The molecule has 0 saturated carbocycles. The molecule has 98 valence electrons. The minimum absolute atomic E-state index is 0.124. The number of rotatable bonds is 4. The van der Waals surface area contributed by atoms with Gasteiger partial charge in [-0.25, -0.2) is 0 Å². The molecule has 0 aliphatic rings. The molecule has 0 aliphatic carbocycles. The molecule has 0 spiro atoms. The summed E-state index contributed by atoms with van der Waals surface area (Å²) in [5, 5.41) is 14.2. The lowest BCUT2D eigenvalue weighted by Gasteiger charge is -2.21. The zero-order chi connectivity index (χ0) is 13.8. The second-order valence-corrected chi connectivity index (χ2v) is 5.17. The van der Waals surface area contributed by atoms with Crippen LogP contribution in [-0.4, -0.2) is 23.2 Å². The van der Waals surface area contributed by atoms with Crippen molar-refractivity contribution in [3.63, 3.8) is 0 Å². The van der Waals surface area contributed by atoms with Crippen molar-refractivity contribution >= 4 is 29.2 Å². The zero-order valence-electron chi connectivity index (χ0n) is 10.6. The highest BCUT2D eigenvalue weighted by atomic mass is 32.2. The van der Waals surface area contributed by atoms with Crippen LogP contribution in [0.3, 0.4) is 0 Å². The lowest BCUT2D eigenvalue weighted by atomic mass is 9.91. The summed E-state index contributed by atoms with van der Waals surface area (Å²) in [6, 6.07) is 7.45. The molecule has 1 amide bonds. The molecule has 0 heterocycles. The predicted molar refractivity (Wildman–Crippen MR) is 74.0 cm³/mol. The molecule has 0 atom stereocenters. The third-order valence-corrected chi connectivity index (χ3v) is 3.41. The maximum atomic E-state index is 12.0. The lowest BCUT2D eigenvalue weighted by Crippen LogP contribution is -2.42. The van der Waals surface area contributed by atoms with Crippen LogP contribution in [0.2, 0.25) is 0 Å². The largest absolute Gasteiger partial charge is 0.409 e. The Balaban J connectivity index is 2.81. The normalized spacial score (nSPS) is 12.3. The molecule has 18 heavy (non-hydrogen) atoms. The molecule has 0 bridgehead atoms. The van der Waals surface area contributed by atoms with Gasteiger partial charge in [0.05, 0.1) is 0 Å². The Labute approximate surface area is 110 Å². The number of oxime groups is 1. The van der Waals surface area contributed by atoms with E-state index in [4.69, 9.17) is 10.9 Å². The summed E-state index contributed by atoms with van der Waals surface area (Å²) in [5.41, 5.74) is 5.10. The second-order valence-electron chi connectivity index (χ2n) is 4.29. The first-order chi connectivity index (χ1) is 8.41. The number of hydrogen-bond acceptors (Lipinski definition) is 4. The molecule has 5 nitrogen and oxygen atoms in total. The molecule has 6 heteroatoms. The van der Waals surface area contributed by atoms with Crippen molar-refractivity contribution in [2.45, 2.75) is 18.7 Å². The number of nitrogens with two attached hydrogens (primary N) is 1. The summed E-state index contributed by atoms with van der Waals surface area (Å²) < 4.78 is 0. The fourth-order valence-corrected chi connectivity index (χ4v) is 1.61. The molecule has 0 unspecified atom stereocenters. The van der Waals surface area contributed by atoms with E-state index in [0.29, 0.717) is 5.69 Å². The van der Waals surface area contributed by atoms with E-state index in [1.165, 1.54) is 0 Å². The number of nitrogens with zero attached hydrogens (tertiary/aromatic N) is 1. The SMILES string of the molecule is CSc1ccc(NC(=O)C(C)(C)C(N)=NO)cc1. The average molecular weight is 267 g/mol. The quantitative estimate of drug-likeness (QED) is 0.256. The van der Waals surface area contributed by atoms with Crippen LogP contribution < -0.4 is 11.1 Å². The van der Waals surface area contributed by atoms with E-state index in [-0.39, 0.29) is 11.7 Å². The number of amidine groups is 1. The van der Waals surface area contributed by atoms with E-state index in [0.717, 1.165) is 4.90 Å². The van der Waals surface area contributed by atoms with E-state index in [9.17, 15) is 4.79 Å². The summed E-state index contributed by atoms with van der Waals surface area (Å²) in [4.78, 5) is 13.1. The second kappa shape index (κ2) is 5.77. The molecule has 0 aliphatic heterocycles. The van der Waals surface area contributed by atoms with Gasteiger partial charge in [0.15, 0.2) is 5.84 Å². The third kappa shape index (κ3) is 3.16. The summed E-state index contributed by atoms with van der Waals surface area (Å²) in [5.74, 6) is -0.449. The monoisotopic (exact) mass is 267 g/mol. The van der Waals surface area contributed by atoms with Gasteiger partial charge in [0.25, 0.3) is 0 Å². The summed E-state index contributed by atoms with van der Waals surface area (Å²) in [6.07, 6.45) is 1.98. The smallest absolute Gasteiger partial charge is 0.237 e. The molecular formula is C12H17N3O2S. The Hall–Kier alpha value is -1.69. The van der Waals surface area contributed by atoms with Gasteiger partial charge in [-0.05, 0) is 44.4 Å². The number of carbonyl (C=O) groups excluding carboxylic acids is 1. The molecule has 0 saturated heterocycles. The predicted octanol–water partition coefficient (Wildman–Crippen LogP) is 2.12. The van der Waals surface area contributed by atoms with E-state index in [1.807, 2.05) is 30.5 Å². The van der Waals surface area contributed by atoms with Gasteiger partial charge in [-0.15, -0.1) is 11.8 Å². The number of carbonyl (C=O) groups is 1. The van der Waals surface area contributed by atoms with Crippen molar-refractivity contribution < 1.29 is 10.0 Å². The van der Waals surface area contributed by atoms with Crippen LogP contribution in [0.15, 0.2) is 34.3 Å². The highest BCUT2D eigenvalue weighted by Crippen LogP contribution is 2.21. The van der Waals surface area contributed by atoms with Crippen LogP contribution in [0.5, 0.6) is 0 Å². The van der Waals surface area contributed by atoms with E-state index in [1.54, 1.807) is 25.6 Å². The highest BCUT2D eigenvalue weighted by molar-refractivity contribution is 7.98. The molecule has 1 aromatic carbocycles. The molecule has 0 aromatic heterocycles. The maximum Gasteiger partial charge on any atom is 0.237 e. The average Bonchev–Trinajstić information content (AvgIpc) is 2.38. The number of thioether (sulfide) groups is 1. The van der Waals surface area contributed by atoms with E-state index < -0.39 is 5.41 Å². The van der Waals surface area contributed by atoms with Crippen molar-refractivity contribution in [2.75, 3.05) is 11.6 Å². The molecule has 4 N–H and O–H groups in total. The van der Waals surface area contributed by atoms with Crippen molar-refractivity contribution in [3.8, 4) is 0 Å². The molecule has 0 fully saturated rings. The van der Waals surface area contributed by atoms with Gasteiger partial charge in [-0.1, -0.05) is 5.16 Å². The van der Waals surface area contributed by atoms with Gasteiger partial charge in [-0.2, -0.15) is 0 Å². The first-order valence-corrected chi connectivity index (χ1v) is 6.57. The van der Waals surface area contributed by atoms with Crippen molar-refractivity contribution in [2.24, 2.45) is 16.3 Å². The summed E-state index contributed by atoms with van der Waals surface area (Å²) in [7, 11) is 0. The van der Waals surface area contributed by atoms with Crippen LogP contribution in [0.4, 0.5) is 5.69 Å². The standard InChI is InChI=1S/C12H17N3O2S/c1-12(2,10(13)15-17)11(16)14-8-4-6-9(18-3)7-5-8/h4-7,17H,1-3H3,(H2,13,15)(H,14,16). The molecular weight excluding hydrogens is 250 g/mol. The third-order valence-electron chi connectivity index (χ3n) is 2.66. The zero-order valence-corrected chi connectivity index (χ0v) is 11.4. The molecule has 1 rings (SSSR count). The van der Waals surface area contributed by atoms with Gasteiger partial charge in [-0.3, -0.25) is 4.79 Å². The van der Waals surface area contributed by atoms with Crippen LogP contribution in [-0.2, 0) is 4.79 Å². The number of hydrogen-bond donors (Lipinski definition) is 3. The van der Waals surface area contributed by atoms with Crippen LogP contribution in [0, 0.1) is 5.41 Å². The Bertz CT molecular complexity index is 455. The number of nitrogens with one attached hydrogen (secondary N) is 1. The van der Waals surface area contributed by atoms with E-state index in [2.05, 4.69) is 10.5 Å². The fourth-order valence-electron chi connectivity index (χ4n) is 1.20. The minimum atomic E-state index is -1.06. The number of amides is 1. The summed E-state index contributed by atoms with van der Waals surface area (Å²) >= 11 is 1.63. The van der Waals surface area contributed by atoms with Gasteiger partial charge in [0.1, 0.15) is 5.41 Å². The van der Waals surface area contributed by atoms with E-state index >= 15 is 0 Å². The molecule has 1 aromatic rings. The molecule has 0 radical (unpaired) electrons. The minimum Gasteiger partial charge on any atom is -0.409 e. The van der Waals surface area contributed by atoms with Crippen molar-refractivity contribution in [3.05, 3.63) is 24.3 Å².